The maximum atomic E-state index is 8.69. The molecule has 0 aliphatic rings. The van der Waals surface area contributed by atoms with E-state index in [4.69, 9.17) is 10.8 Å². The summed E-state index contributed by atoms with van der Waals surface area (Å²) in [6, 6.07) is 8.78. The Bertz CT molecular complexity index is 286. The summed E-state index contributed by atoms with van der Waals surface area (Å²) in [5.74, 6) is 0. The monoisotopic (exact) mass is 221 g/mol. The minimum atomic E-state index is 0.316. The lowest BCUT2D eigenvalue weighted by Crippen LogP contribution is -2.00. The van der Waals surface area contributed by atoms with Crippen LogP contribution in [0.25, 0.3) is 0 Å². The fourth-order valence-electron chi connectivity index (χ4n) is 1.86. The topological polar surface area (TPSA) is 46.2 Å². The molecule has 16 heavy (non-hydrogen) atoms. The first-order chi connectivity index (χ1) is 7.86. The molecule has 90 valence electrons. The molecule has 0 bridgehead atoms. The highest BCUT2D eigenvalue weighted by molar-refractivity contribution is 5.23. The lowest BCUT2D eigenvalue weighted by molar-refractivity contribution is 0.283. The molecule has 0 saturated heterocycles. The van der Waals surface area contributed by atoms with Gasteiger partial charge in [0.25, 0.3) is 0 Å². The highest BCUT2D eigenvalue weighted by Gasteiger charge is 1.96. The fraction of sp³-hybridized carbons (Fsp3) is 0.571. The summed E-state index contributed by atoms with van der Waals surface area (Å²) in [5.41, 5.74) is 8.31. The Balaban J connectivity index is 2.35. The van der Waals surface area contributed by atoms with Gasteiger partial charge in [-0.25, -0.2) is 0 Å². The van der Waals surface area contributed by atoms with Crippen LogP contribution in [0.2, 0.25) is 0 Å². The molecule has 1 aromatic carbocycles. The van der Waals surface area contributed by atoms with Gasteiger partial charge in [-0.2, -0.15) is 0 Å². The van der Waals surface area contributed by atoms with Gasteiger partial charge in [-0.3, -0.25) is 0 Å². The fourth-order valence-corrected chi connectivity index (χ4v) is 1.86. The predicted octanol–water partition coefficient (Wildman–Crippen LogP) is 2.28. The van der Waals surface area contributed by atoms with Gasteiger partial charge in [-0.05, 0) is 49.8 Å². The number of benzene rings is 1. The normalized spacial score (nSPS) is 10.6. The first kappa shape index (κ1) is 13.2. The van der Waals surface area contributed by atoms with Crippen molar-refractivity contribution in [1.29, 1.82) is 0 Å². The molecule has 0 aliphatic carbocycles. The van der Waals surface area contributed by atoms with Gasteiger partial charge < -0.3 is 10.8 Å². The Kier molecular flexibility index (Phi) is 6.86. The van der Waals surface area contributed by atoms with Gasteiger partial charge in [-0.1, -0.05) is 30.7 Å². The Morgan fingerprint density at radius 3 is 2.25 bits per heavy atom. The van der Waals surface area contributed by atoms with E-state index in [1.165, 1.54) is 17.5 Å². The molecule has 3 N–H and O–H groups in total. The number of aliphatic hydroxyl groups is 1. The predicted molar refractivity (Wildman–Crippen MR) is 68.5 cm³/mol. The van der Waals surface area contributed by atoms with E-state index >= 15 is 0 Å². The molecule has 2 heteroatoms. The first-order valence-corrected chi connectivity index (χ1v) is 6.25. The molecular formula is C14H23NO. The average molecular weight is 221 g/mol. The van der Waals surface area contributed by atoms with Gasteiger partial charge >= 0.3 is 0 Å². The molecule has 0 unspecified atom stereocenters. The highest BCUT2D eigenvalue weighted by atomic mass is 16.2. The van der Waals surface area contributed by atoms with E-state index in [-0.39, 0.29) is 0 Å². The van der Waals surface area contributed by atoms with Gasteiger partial charge in [0.1, 0.15) is 0 Å². The lowest BCUT2D eigenvalue weighted by Gasteiger charge is -2.04. The molecule has 0 heterocycles. The number of hydrogen-bond donors (Lipinski definition) is 2. The zero-order chi connectivity index (χ0) is 11.6. The summed E-state index contributed by atoms with van der Waals surface area (Å²) in [5, 5.41) is 8.69. The molecule has 1 rings (SSSR count). The molecule has 2 nitrogen and oxygen atoms in total. The quantitative estimate of drug-likeness (QED) is 0.662. The van der Waals surface area contributed by atoms with Crippen LogP contribution in [0, 0.1) is 0 Å². The zero-order valence-corrected chi connectivity index (χ0v) is 9.99. The van der Waals surface area contributed by atoms with E-state index in [2.05, 4.69) is 24.3 Å². The van der Waals surface area contributed by atoms with Gasteiger partial charge in [0, 0.05) is 6.61 Å². The van der Waals surface area contributed by atoms with Crippen molar-refractivity contribution in [3.63, 3.8) is 0 Å². The second-order valence-corrected chi connectivity index (χ2v) is 4.25. The van der Waals surface area contributed by atoms with Gasteiger partial charge in [0.15, 0.2) is 0 Å². The molecule has 0 saturated carbocycles. The van der Waals surface area contributed by atoms with Crippen LogP contribution in [-0.4, -0.2) is 18.3 Å². The van der Waals surface area contributed by atoms with Crippen molar-refractivity contribution in [2.45, 2.75) is 38.5 Å². The Morgan fingerprint density at radius 2 is 1.62 bits per heavy atom. The van der Waals surface area contributed by atoms with Crippen LogP contribution in [-0.2, 0) is 12.8 Å². The van der Waals surface area contributed by atoms with Crippen LogP contribution < -0.4 is 5.73 Å². The molecule has 0 atom stereocenters. The molecule has 0 aliphatic heterocycles. The van der Waals surface area contributed by atoms with Gasteiger partial charge in [0.2, 0.25) is 0 Å². The minimum Gasteiger partial charge on any atom is -0.396 e. The van der Waals surface area contributed by atoms with E-state index in [1.807, 2.05) is 0 Å². The SMILES string of the molecule is NCCCc1cccc(CCCCCO)c1. The van der Waals surface area contributed by atoms with Crippen molar-refractivity contribution in [1.82, 2.24) is 0 Å². The third-order valence-electron chi connectivity index (χ3n) is 2.78. The van der Waals surface area contributed by atoms with E-state index < -0.39 is 0 Å². The lowest BCUT2D eigenvalue weighted by atomic mass is 10.0. The van der Waals surface area contributed by atoms with Crippen molar-refractivity contribution in [2.75, 3.05) is 13.2 Å². The summed E-state index contributed by atoms with van der Waals surface area (Å²) in [6.45, 7) is 1.08. The van der Waals surface area contributed by atoms with Gasteiger partial charge in [-0.15, -0.1) is 0 Å². The Morgan fingerprint density at radius 1 is 0.938 bits per heavy atom. The van der Waals surface area contributed by atoms with Crippen LogP contribution in [0.5, 0.6) is 0 Å². The molecule has 1 aromatic rings. The summed E-state index contributed by atoms with van der Waals surface area (Å²) in [4.78, 5) is 0. The summed E-state index contributed by atoms with van der Waals surface area (Å²) in [6.07, 6.45) is 6.47. The number of nitrogens with two attached hydrogens (primary N) is 1. The summed E-state index contributed by atoms with van der Waals surface area (Å²) in [7, 11) is 0. The van der Waals surface area contributed by atoms with Gasteiger partial charge in [0.05, 0.1) is 0 Å². The number of hydrogen-bond acceptors (Lipinski definition) is 2. The van der Waals surface area contributed by atoms with Crippen LogP contribution >= 0.6 is 0 Å². The molecule has 0 spiro atoms. The standard InChI is InChI=1S/C14H23NO/c15-10-5-9-14-8-4-7-13(12-14)6-2-1-3-11-16/h4,7-8,12,16H,1-3,5-6,9-11,15H2. The molecule has 0 amide bonds. The van der Waals surface area contributed by atoms with Crippen molar-refractivity contribution < 1.29 is 5.11 Å². The number of rotatable bonds is 8. The second-order valence-electron chi connectivity index (χ2n) is 4.25. The molecule has 0 fully saturated rings. The number of aliphatic hydroxyl groups excluding tert-OH is 1. The van der Waals surface area contributed by atoms with Crippen molar-refractivity contribution in [3.8, 4) is 0 Å². The highest BCUT2D eigenvalue weighted by Crippen LogP contribution is 2.11. The maximum Gasteiger partial charge on any atom is 0.0431 e. The number of unbranched alkanes of at least 4 members (excludes halogenated alkanes) is 2. The largest absolute Gasteiger partial charge is 0.396 e. The van der Waals surface area contributed by atoms with Crippen molar-refractivity contribution >= 4 is 0 Å². The van der Waals surface area contributed by atoms with Crippen LogP contribution in [0.1, 0.15) is 36.8 Å². The number of aryl methyl sites for hydroxylation is 2. The first-order valence-electron chi connectivity index (χ1n) is 6.25. The van der Waals surface area contributed by atoms with E-state index in [1.54, 1.807) is 0 Å². The third-order valence-corrected chi connectivity index (χ3v) is 2.78. The second kappa shape index (κ2) is 8.31. The third kappa shape index (κ3) is 5.29. The minimum absolute atomic E-state index is 0.316. The zero-order valence-electron chi connectivity index (χ0n) is 9.99. The van der Waals surface area contributed by atoms with E-state index in [9.17, 15) is 0 Å². The van der Waals surface area contributed by atoms with E-state index in [0.717, 1.165) is 38.6 Å². The van der Waals surface area contributed by atoms with Crippen LogP contribution in [0.3, 0.4) is 0 Å². The van der Waals surface area contributed by atoms with Crippen LogP contribution in [0.15, 0.2) is 24.3 Å². The summed E-state index contributed by atoms with van der Waals surface area (Å²) < 4.78 is 0. The smallest absolute Gasteiger partial charge is 0.0431 e. The maximum absolute atomic E-state index is 8.69. The van der Waals surface area contributed by atoms with Crippen molar-refractivity contribution in [3.05, 3.63) is 35.4 Å². The molecular weight excluding hydrogens is 198 g/mol. The molecule has 0 aromatic heterocycles. The summed E-state index contributed by atoms with van der Waals surface area (Å²) >= 11 is 0. The van der Waals surface area contributed by atoms with E-state index in [0.29, 0.717) is 6.61 Å². The molecule has 0 radical (unpaired) electrons. The Hall–Kier alpha value is -0.860. The van der Waals surface area contributed by atoms with Crippen LogP contribution in [0.4, 0.5) is 0 Å². The average Bonchev–Trinajstić information content (AvgIpc) is 2.33. The Labute approximate surface area is 98.5 Å². The van der Waals surface area contributed by atoms with Crippen molar-refractivity contribution in [2.24, 2.45) is 5.73 Å².